The Morgan fingerprint density at radius 3 is 3.14 bits per heavy atom. The second-order valence-corrected chi connectivity index (χ2v) is 6.49. The van der Waals surface area contributed by atoms with Gasteiger partial charge in [-0.05, 0) is 54.5 Å². The van der Waals surface area contributed by atoms with Crippen LogP contribution in [-0.2, 0) is 6.54 Å². The number of pyridine rings is 1. The van der Waals surface area contributed by atoms with Crippen LogP contribution >= 0.6 is 15.9 Å². The van der Waals surface area contributed by atoms with Crippen LogP contribution in [0.3, 0.4) is 0 Å². The van der Waals surface area contributed by atoms with E-state index < -0.39 is 0 Å². The third-order valence-corrected chi connectivity index (χ3v) is 4.45. The summed E-state index contributed by atoms with van der Waals surface area (Å²) in [5.41, 5.74) is 1.48. The molecule has 3 heterocycles. The summed E-state index contributed by atoms with van der Waals surface area (Å²) < 4.78 is 2.44. The van der Waals surface area contributed by atoms with Crippen molar-refractivity contribution < 1.29 is 0 Å². The number of likely N-dealkylation sites (N-methyl/N-ethyl adjacent to an activating group) is 1. The number of nitrogens with one attached hydrogen (secondary N) is 1. The standard InChI is InChI=1S/C15H19BrN4O/c1-19(13-3-2-6-17-8-13)10-12-7-15(21)20-9-11(16)4-5-14(20)18-12/h4-5,7,9,13,17H,2-3,6,8,10H2,1H3. The Morgan fingerprint density at radius 1 is 1.52 bits per heavy atom. The molecule has 0 bridgehead atoms. The zero-order valence-corrected chi connectivity index (χ0v) is 13.6. The smallest absolute Gasteiger partial charge is 0.258 e. The molecule has 1 aliphatic heterocycles. The van der Waals surface area contributed by atoms with E-state index in [1.54, 1.807) is 16.7 Å². The molecule has 1 aliphatic rings. The molecule has 0 saturated carbocycles. The van der Waals surface area contributed by atoms with Gasteiger partial charge in [0.15, 0.2) is 0 Å². The lowest BCUT2D eigenvalue weighted by atomic mass is 10.1. The highest BCUT2D eigenvalue weighted by atomic mass is 79.9. The molecule has 0 spiro atoms. The maximum atomic E-state index is 12.2. The van der Waals surface area contributed by atoms with Gasteiger partial charge in [0.1, 0.15) is 5.65 Å². The number of fused-ring (bicyclic) bond motifs is 1. The molecule has 112 valence electrons. The molecule has 1 atom stereocenters. The minimum Gasteiger partial charge on any atom is -0.315 e. The second kappa shape index (κ2) is 6.25. The van der Waals surface area contributed by atoms with Crippen LogP contribution in [0.2, 0.25) is 0 Å². The van der Waals surface area contributed by atoms with E-state index in [1.165, 1.54) is 12.8 Å². The van der Waals surface area contributed by atoms with Crippen molar-refractivity contribution in [1.82, 2.24) is 19.6 Å². The molecule has 2 aromatic rings. The number of aromatic nitrogens is 2. The highest BCUT2D eigenvalue weighted by Gasteiger charge is 2.18. The lowest BCUT2D eigenvalue weighted by Gasteiger charge is -2.31. The highest BCUT2D eigenvalue weighted by molar-refractivity contribution is 9.10. The Hall–Kier alpha value is -1.24. The number of halogens is 1. The first-order valence-electron chi connectivity index (χ1n) is 7.22. The second-order valence-electron chi connectivity index (χ2n) is 5.58. The average Bonchev–Trinajstić information content (AvgIpc) is 2.49. The van der Waals surface area contributed by atoms with Crippen molar-refractivity contribution in [1.29, 1.82) is 0 Å². The van der Waals surface area contributed by atoms with E-state index in [-0.39, 0.29) is 5.56 Å². The zero-order valence-electron chi connectivity index (χ0n) is 12.1. The Labute approximate surface area is 132 Å². The number of hydrogen-bond donors (Lipinski definition) is 1. The van der Waals surface area contributed by atoms with Crippen molar-refractivity contribution in [3.63, 3.8) is 0 Å². The first-order chi connectivity index (χ1) is 10.1. The van der Waals surface area contributed by atoms with Crippen LogP contribution in [0.5, 0.6) is 0 Å². The van der Waals surface area contributed by atoms with E-state index in [4.69, 9.17) is 0 Å². The molecule has 1 unspecified atom stereocenters. The van der Waals surface area contributed by atoms with E-state index in [9.17, 15) is 4.79 Å². The molecule has 3 rings (SSSR count). The third kappa shape index (κ3) is 3.33. The van der Waals surface area contributed by atoms with Crippen LogP contribution in [0.1, 0.15) is 18.5 Å². The maximum Gasteiger partial charge on any atom is 0.258 e. The van der Waals surface area contributed by atoms with Crippen molar-refractivity contribution >= 4 is 21.6 Å². The predicted octanol–water partition coefficient (Wildman–Crippen LogP) is 1.64. The maximum absolute atomic E-state index is 12.2. The van der Waals surface area contributed by atoms with E-state index in [2.05, 4.69) is 38.2 Å². The number of nitrogens with zero attached hydrogens (tertiary/aromatic N) is 3. The van der Waals surface area contributed by atoms with Crippen LogP contribution in [0.25, 0.3) is 5.65 Å². The van der Waals surface area contributed by atoms with Crippen molar-refractivity contribution in [2.45, 2.75) is 25.4 Å². The van der Waals surface area contributed by atoms with Gasteiger partial charge in [0.05, 0.1) is 5.69 Å². The van der Waals surface area contributed by atoms with Gasteiger partial charge in [-0.2, -0.15) is 0 Å². The van der Waals surface area contributed by atoms with Crippen LogP contribution in [0, 0.1) is 0 Å². The minimum atomic E-state index is -0.0357. The van der Waals surface area contributed by atoms with Crippen LogP contribution in [-0.4, -0.2) is 40.5 Å². The molecule has 0 amide bonds. The van der Waals surface area contributed by atoms with Gasteiger partial charge in [-0.1, -0.05) is 0 Å². The lowest BCUT2D eigenvalue weighted by Crippen LogP contribution is -2.43. The van der Waals surface area contributed by atoms with Crippen molar-refractivity contribution in [2.24, 2.45) is 0 Å². The van der Waals surface area contributed by atoms with Crippen molar-refractivity contribution in [3.05, 3.63) is 44.9 Å². The van der Waals surface area contributed by atoms with Gasteiger partial charge >= 0.3 is 0 Å². The average molecular weight is 351 g/mol. The fourth-order valence-corrected chi connectivity index (χ4v) is 3.14. The quantitative estimate of drug-likeness (QED) is 0.914. The predicted molar refractivity (Wildman–Crippen MR) is 86.5 cm³/mol. The minimum absolute atomic E-state index is 0.0357. The van der Waals surface area contributed by atoms with Gasteiger partial charge in [0.2, 0.25) is 0 Å². The monoisotopic (exact) mass is 350 g/mol. The number of rotatable bonds is 3. The van der Waals surface area contributed by atoms with Crippen LogP contribution in [0.15, 0.2) is 33.7 Å². The van der Waals surface area contributed by atoms with Crippen molar-refractivity contribution in [3.8, 4) is 0 Å². The number of piperidine rings is 1. The largest absolute Gasteiger partial charge is 0.315 e. The SMILES string of the molecule is CN(Cc1cc(=O)n2cc(Br)ccc2n1)C1CCCNC1. The molecule has 1 saturated heterocycles. The molecule has 1 N–H and O–H groups in total. The van der Waals surface area contributed by atoms with Gasteiger partial charge in [-0.25, -0.2) is 4.98 Å². The van der Waals surface area contributed by atoms with Gasteiger partial charge in [0.25, 0.3) is 5.56 Å². The summed E-state index contributed by atoms with van der Waals surface area (Å²) >= 11 is 3.37. The molecule has 2 aromatic heterocycles. The van der Waals surface area contributed by atoms with Crippen molar-refractivity contribution in [2.75, 3.05) is 20.1 Å². The lowest BCUT2D eigenvalue weighted by molar-refractivity contribution is 0.194. The van der Waals surface area contributed by atoms with Gasteiger partial charge in [-0.3, -0.25) is 14.1 Å². The first-order valence-corrected chi connectivity index (χ1v) is 8.01. The zero-order chi connectivity index (χ0) is 14.8. The van der Waals surface area contributed by atoms with E-state index in [1.807, 2.05) is 12.1 Å². The molecule has 21 heavy (non-hydrogen) atoms. The summed E-state index contributed by atoms with van der Waals surface area (Å²) in [5.74, 6) is 0. The van der Waals surface area contributed by atoms with Crippen LogP contribution in [0.4, 0.5) is 0 Å². The molecule has 5 nitrogen and oxygen atoms in total. The highest BCUT2D eigenvalue weighted by Crippen LogP contribution is 2.13. The summed E-state index contributed by atoms with van der Waals surface area (Å²) in [6.07, 6.45) is 4.16. The Morgan fingerprint density at radius 2 is 2.38 bits per heavy atom. The summed E-state index contributed by atoms with van der Waals surface area (Å²) in [4.78, 5) is 19.1. The number of hydrogen-bond acceptors (Lipinski definition) is 4. The molecular formula is C15H19BrN4O. The van der Waals surface area contributed by atoms with E-state index in [0.29, 0.717) is 18.2 Å². The fourth-order valence-electron chi connectivity index (χ4n) is 2.80. The van der Waals surface area contributed by atoms with Gasteiger partial charge in [0, 0.05) is 35.9 Å². The summed E-state index contributed by atoms with van der Waals surface area (Å²) in [7, 11) is 2.10. The summed E-state index contributed by atoms with van der Waals surface area (Å²) in [5, 5.41) is 3.42. The Balaban J connectivity index is 1.84. The molecule has 1 fully saturated rings. The molecular weight excluding hydrogens is 332 g/mol. The van der Waals surface area contributed by atoms with Gasteiger partial charge < -0.3 is 5.32 Å². The Kier molecular flexibility index (Phi) is 4.37. The van der Waals surface area contributed by atoms with Gasteiger partial charge in [-0.15, -0.1) is 0 Å². The summed E-state index contributed by atoms with van der Waals surface area (Å²) in [6, 6.07) is 5.91. The fraction of sp³-hybridized carbons (Fsp3) is 0.467. The molecule has 0 aliphatic carbocycles. The molecule has 6 heteroatoms. The molecule has 0 aromatic carbocycles. The Bertz CT molecular complexity index is 694. The molecule has 0 radical (unpaired) electrons. The van der Waals surface area contributed by atoms with Crippen LogP contribution < -0.4 is 10.9 Å². The van der Waals surface area contributed by atoms with E-state index in [0.717, 1.165) is 23.3 Å². The third-order valence-electron chi connectivity index (χ3n) is 3.98. The van der Waals surface area contributed by atoms with E-state index >= 15 is 0 Å². The first kappa shape index (κ1) is 14.7. The normalized spacial score (nSPS) is 19.3. The topological polar surface area (TPSA) is 49.6 Å². The summed E-state index contributed by atoms with van der Waals surface area (Å²) in [6.45, 7) is 2.82.